The second-order valence-corrected chi connectivity index (χ2v) is 10.4. The van der Waals surface area contributed by atoms with E-state index in [-0.39, 0.29) is 23.4 Å². The highest BCUT2D eigenvalue weighted by molar-refractivity contribution is 7.48. The van der Waals surface area contributed by atoms with Crippen LogP contribution >= 0.6 is 7.82 Å². The molecule has 0 N–H and O–H groups in total. The summed E-state index contributed by atoms with van der Waals surface area (Å²) in [5.74, 6) is 0.360. The van der Waals surface area contributed by atoms with Crippen LogP contribution in [0.25, 0.3) is 0 Å². The fourth-order valence-corrected chi connectivity index (χ4v) is 4.45. The van der Waals surface area contributed by atoms with Gasteiger partial charge in [-0.05, 0) is 46.0 Å². The van der Waals surface area contributed by atoms with Crippen molar-refractivity contribution in [1.29, 1.82) is 0 Å². The van der Waals surface area contributed by atoms with Crippen LogP contribution in [0.5, 0.6) is 0 Å². The van der Waals surface area contributed by atoms with Crippen molar-refractivity contribution in [2.24, 2.45) is 16.7 Å². The minimum absolute atomic E-state index is 0.0668. The van der Waals surface area contributed by atoms with Gasteiger partial charge in [-0.15, -0.1) is 0 Å². The molecule has 1 saturated carbocycles. The molecule has 0 atom stereocenters. The number of phosphoric ester groups is 1. The molecule has 2 fully saturated rings. The van der Waals surface area contributed by atoms with Crippen LogP contribution in [-0.2, 0) is 27.7 Å². The summed E-state index contributed by atoms with van der Waals surface area (Å²) in [6.07, 6.45) is 3.72. The van der Waals surface area contributed by atoms with E-state index in [1.807, 2.05) is 34.6 Å². The van der Waals surface area contributed by atoms with Gasteiger partial charge < -0.3 is 9.26 Å². The molecule has 1 aliphatic heterocycles. The van der Waals surface area contributed by atoms with E-state index < -0.39 is 13.2 Å². The highest BCUT2D eigenvalue weighted by atomic mass is 31.2. The van der Waals surface area contributed by atoms with Gasteiger partial charge in [0.25, 0.3) is 0 Å². The van der Waals surface area contributed by atoms with Gasteiger partial charge >= 0.3 is 13.8 Å². The lowest BCUT2D eigenvalue weighted by Gasteiger charge is -2.35. The molecule has 0 aromatic carbocycles. The van der Waals surface area contributed by atoms with Gasteiger partial charge in [0.15, 0.2) is 0 Å². The fraction of sp³-hybridized carbons (Fsp3) is 0.842. The molecule has 1 saturated heterocycles. The monoisotopic (exact) mass is 388 g/mol. The second-order valence-electron chi connectivity index (χ2n) is 8.83. The van der Waals surface area contributed by atoms with E-state index in [9.17, 15) is 9.36 Å². The molecular formula is C19H33O6P. The van der Waals surface area contributed by atoms with Crippen LogP contribution in [0.1, 0.15) is 66.7 Å². The zero-order valence-electron chi connectivity index (χ0n) is 16.7. The summed E-state index contributed by atoms with van der Waals surface area (Å²) in [5.41, 5.74) is -0.626. The van der Waals surface area contributed by atoms with Gasteiger partial charge in [-0.1, -0.05) is 27.4 Å². The van der Waals surface area contributed by atoms with E-state index >= 15 is 0 Å². The summed E-state index contributed by atoms with van der Waals surface area (Å²) in [6.45, 7) is 14.3. The van der Waals surface area contributed by atoms with E-state index in [0.717, 1.165) is 32.1 Å². The fourth-order valence-electron chi connectivity index (χ4n) is 2.82. The van der Waals surface area contributed by atoms with Gasteiger partial charge in [0.1, 0.15) is 11.9 Å². The smallest absolute Gasteiger partial charge is 0.462 e. The number of hydrogen-bond acceptors (Lipinski definition) is 6. The molecule has 0 aromatic rings. The van der Waals surface area contributed by atoms with Gasteiger partial charge in [-0.3, -0.25) is 13.8 Å². The van der Waals surface area contributed by atoms with Crippen molar-refractivity contribution in [1.82, 2.24) is 0 Å². The molecule has 0 aromatic heterocycles. The highest BCUT2D eigenvalue weighted by Crippen LogP contribution is 2.57. The molecule has 2 aliphatic rings. The standard InChI is InChI=1S/C19H33O6P/c1-7-19(5,6)17(20)24-16-10-8-15(9-11-16)14(2)25-26(21)22-12-18(3,4)13-23-26/h15-16H,2,7-13H2,1,3-6H3. The van der Waals surface area contributed by atoms with Crippen molar-refractivity contribution in [2.45, 2.75) is 72.8 Å². The first-order valence-electron chi connectivity index (χ1n) is 9.45. The Bertz CT molecular complexity index is 561. The van der Waals surface area contributed by atoms with Gasteiger partial charge in [0.2, 0.25) is 0 Å². The first-order chi connectivity index (χ1) is 12.0. The first kappa shape index (κ1) is 21.5. The molecule has 1 aliphatic carbocycles. The lowest BCUT2D eigenvalue weighted by molar-refractivity contribution is -0.161. The minimum atomic E-state index is -3.57. The molecule has 26 heavy (non-hydrogen) atoms. The summed E-state index contributed by atoms with van der Waals surface area (Å²) in [7, 11) is -3.57. The maximum atomic E-state index is 12.5. The molecule has 7 heteroatoms. The molecular weight excluding hydrogens is 355 g/mol. The van der Waals surface area contributed by atoms with E-state index in [1.165, 1.54) is 0 Å². The lowest BCUT2D eigenvalue weighted by Crippen LogP contribution is -2.32. The summed E-state index contributed by atoms with van der Waals surface area (Å²) in [5, 5.41) is 0. The number of carbonyl (C=O) groups excluding carboxylic acids is 1. The Labute approximate surface area is 157 Å². The minimum Gasteiger partial charge on any atom is -0.462 e. The van der Waals surface area contributed by atoms with Crippen LogP contribution in [0.15, 0.2) is 12.3 Å². The van der Waals surface area contributed by atoms with Crippen molar-refractivity contribution in [2.75, 3.05) is 13.2 Å². The van der Waals surface area contributed by atoms with Crippen molar-refractivity contribution >= 4 is 13.8 Å². The van der Waals surface area contributed by atoms with Crippen LogP contribution in [0.4, 0.5) is 0 Å². The number of ether oxygens (including phenoxy) is 1. The normalized spacial score (nSPS) is 28.2. The SMILES string of the molecule is C=C(OP1(=O)OCC(C)(C)CO1)C1CCC(OC(=O)C(C)(C)CC)CC1. The predicted octanol–water partition coefficient (Wildman–Crippen LogP) is 5.24. The van der Waals surface area contributed by atoms with Crippen molar-refractivity contribution in [3.8, 4) is 0 Å². The Balaban J connectivity index is 1.80. The lowest BCUT2D eigenvalue weighted by atomic mass is 9.86. The van der Waals surface area contributed by atoms with E-state index in [1.54, 1.807) is 0 Å². The molecule has 0 radical (unpaired) electrons. The third-order valence-corrected chi connectivity index (χ3v) is 6.64. The van der Waals surface area contributed by atoms with Gasteiger partial charge in [-0.25, -0.2) is 4.57 Å². The van der Waals surface area contributed by atoms with Crippen LogP contribution in [-0.4, -0.2) is 25.3 Å². The van der Waals surface area contributed by atoms with Crippen molar-refractivity contribution in [3.63, 3.8) is 0 Å². The molecule has 6 nitrogen and oxygen atoms in total. The Morgan fingerprint density at radius 3 is 2.23 bits per heavy atom. The van der Waals surface area contributed by atoms with Gasteiger partial charge in [-0.2, -0.15) is 0 Å². The van der Waals surface area contributed by atoms with Crippen LogP contribution in [0.2, 0.25) is 0 Å². The summed E-state index contributed by atoms with van der Waals surface area (Å²) in [4.78, 5) is 12.2. The predicted molar refractivity (Wildman–Crippen MR) is 99.4 cm³/mol. The zero-order chi connectivity index (χ0) is 19.6. The topological polar surface area (TPSA) is 71.1 Å². The highest BCUT2D eigenvalue weighted by Gasteiger charge is 2.41. The Hall–Kier alpha value is -0.840. The summed E-state index contributed by atoms with van der Waals surface area (Å²) < 4.78 is 34.4. The maximum Gasteiger partial charge on any atom is 0.529 e. The van der Waals surface area contributed by atoms with E-state index in [2.05, 4.69) is 6.58 Å². The second kappa shape index (κ2) is 8.04. The molecule has 2 rings (SSSR count). The number of phosphoric acid groups is 1. The third kappa shape index (κ3) is 5.58. The Morgan fingerprint density at radius 2 is 1.73 bits per heavy atom. The number of esters is 1. The summed E-state index contributed by atoms with van der Waals surface area (Å²) >= 11 is 0. The first-order valence-corrected chi connectivity index (χ1v) is 10.9. The molecule has 150 valence electrons. The van der Waals surface area contributed by atoms with Crippen molar-refractivity contribution < 1.29 is 27.7 Å². The molecule has 0 spiro atoms. The quantitative estimate of drug-likeness (QED) is 0.352. The van der Waals surface area contributed by atoms with Crippen LogP contribution in [0.3, 0.4) is 0 Å². The number of allylic oxidation sites excluding steroid dienone is 1. The average Bonchev–Trinajstić information content (AvgIpc) is 2.58. The third-order valence-electron chi connectivity index (χ3n) is 5.30. The average molecular weight is 388 g/mol. The number of carbonyl (C=O) groups is 1. The Kier molecular flexibility index (Phi) is 6.63. The zero-order valence-corrected chi connectivity index (χ0v) is 17.6. The molecule has 0 amide bonds. The van der Waals surface area contributed by atoms with Crippen molar-refractivity contribution in [3.05, 3.63) is 12.3 Å². The molecule has 0 bridgehead atoms. The van der Waals surface area contributed by atoms with Gasteiger partial charge in [0, 0.05) is 11.3 Å². The van der Waals surface area contributed by atoms with Crippen LogP contribution < -0.4 is 0 Å². The van der Waals surface area contributed by atoms with Crippen LogP contribution in [0, 0.1) is 16.7 Å². The molecule has 0 unspecified atom stereocenters. The largest absolute Gasteiger partial charge is 0.529 e. The number of rotatable bonds is 6. The number of hydrogen-bond donors (Lipinski definition) is 0. The summed E-state index contributed by atoms with van der Waals surface area (Å²) in [6, 6.07) is 0. The molecule has 1 heterocycles. The maximum absolute atomic E-state index is 12.5. The van der Waals surface area contributed by atoms with E-state index in [0.29, 0.717) is 19.0 Å². The van der Waals surface area contributed by atoms with Gasteiger partial charge in [0.05, 0.1) is 18.6 Å². The Morgan fingerprint density at radius 1 is 1.19 bits per heavy atom. The van der Waals surface area contributed by atoms with E-state index in [4.69, 9.17) is 18.3 Å².